The predicted octanol–water partition coefficient (Wildman–Crippen LogP) is 1.48. The highest BCUT2D eigenvalue weighted by molar-refractivity contribution is 5.97. The van der Waals surface area contributed by atoms with Gasteiger partial charge in [0, 0.05) is 25.1 Å². The normalized spacial score (nSPS) is 17.0. The Morgan fingerprint density at radius 1 is 1.38 bits per heavy atom. The lowest BCUT2D eigenvalue weighted by atomic mass is 10.1. The number of hydrogen-bond donors (Lipinski definition) is 1. The van der Waals surface area contributed by atoms with E-state index < -0.39 is 0 Å². The van der Waals surface area contributed by atoms with Gasteiger partial charge < -0.3 is 5.32 Å². The van der Waals surface area contributed by atoms with E-state index in [1.165, 1.54) is 12.8 Å². The van der Waals surface area contributed by atoms with Crippen molar-refractivity contribution < 1.29 is 4.79 Å². The van der Waals surface area contributed by atoms with Crippen LogP contribution in [0.25, 0.3) is 10.9 Å². The molecule has 21 heavy (non-hydrogen) atoms. The number of aryl methyl sites for hydroxylation is 1. The third-order valence-electron chi connectivity index (χ3n) is 4.33. The van der Waals surface area contributed by atoms with Crippen LogP contribution in [0.4, 0.5) is 0 Å². The summed E-state index contributed by atoms with van der Waals surface area (Å²) in [5, 5.41) is 3.54. The van der Waals surface area contributed by atoms with E-state index in [4.69, 9.17) is 0 Å². The Bertz CT molecular complexity index is 790. The first kappa shape index (κ1) is 12.6. The van der Waals surface area contributed by atoms with E-state index in [-0.39, 0.29) is 11.5 Å². The zero-order chi connectivity index (χ0) is 14.4. The van der Waals surface area contributed by atoms with Crippen LogP contribution in [0, 0.1) is 5.92 Å². The number of carbonyl (C=O) groups is 1. The van der Waals surface area contributed by atoms with Crippen molar-refractivity contribution in [3.8, 4) is 0 Å². The fourth-order valence-electron chi connectivity index (χ4n) is 2.89. The molecule has 0 radical (unpaired) electrons. The number of benzene rings is 1. The molecule has 4 rings (SSSR count). The summed E-state index contributed by atoms with van der Waals surface area (Å²) in [6.07, 6.45) is 4.22. The van der Waals surface area contributed by atoms with Gasteiger partial charge in [0.15, 0.2) is 0 Å². The molecule has 0 unspecified atom stereocenters. The van der Waals surface area contributed by atoms with Crippen molar-refractivity contribution in [3.05, 3.63) is 39.9 Å². The van der Waals surface area contributed by atoms with Crippen LogP contribution in [0.3, 0.4) is 0 Å². The van der Waals surface area contributed by atoms with Crippen LogP contribution < -0.4 is 10.9 Å². The van der Waals surface area contributed by atoms with Crippen molar-refractivity contribution in [3.63, 3.8) is 0 Å². The SMILES string of the molecule is O=C(NCC1CC1)c1ccc2c(=O)n3c(nc2c1)CCC3. The van der Waals surface area contributed by atoms with E-state index in [1.807, 2.05) is 0 Å². The van der Waals surface area contributed by atoms with Gasteiger partial charge in [0.2, 0.25) is 0 Å². The summed E-state index contributed by atoms with van der Waals surface area (Å²) in [7, 11) is 0. The molecule has 1 aromatic heterocycles. The van der Waals surface area contributed by atoms with Gasteiger partial charge in [-0.25, -0.2) is 4.98 Å². The third-order valence-corrected chi connectivity index (χ3v) is 4.33. The summed E-state index contributed by atoms with van der Waals surface area (Å²) >= 11 is 0. The number of nitrogens with zero attached hydrogens (tertiary/aromatic N) is 2. The van der Waals surface area contributed by atoms with Crippen LogP contribution in [0.15, 0.2) is 23.0 Å². The summed E-state index contributed by atoms with van der Waals surface area (Å²) in [5.41, 5.74) is 1.22. The first-order valence-corrected chi connectivity index (χ1v) is 7.54. The molecule has 1 aromatic carbocycles. The number of amides is 1. The maximum absolute atomic E-state index is 12.3. The fraction of sp³-hybridized carbons (Fsp3) is 0.438. The van der Waals surface area contributed by atoms with Crippen LogP contribution in [0.2, 0.25) is 0 Å². The van der Waals surface area contributed by atoms with Gasteiger partial charge in [-0.2, -0.15) is 0 Å². The second-order valence-corrected chi connectivity index (χ2v) is 5.97. The van der Waals surface area contributed by atoms with Crippen molar-refractivity contribution in [2.45, 2.75) is 32.2 Å². The molecule has 2 heterocycles. The van der Waals surface area contributed by atoms with Gasteiger partial charge in [0.25, 0.3) is 11.5 Å². The van der Waals surface area contributed by atoms with E-state index in [0.29, 0.717) is 22.4 Å². The van der Waals surface area contributed by atoms with Gasteiger partial charge in [-0.15, -0.1) is 0 Å². The smallest absolute Gasteiger partial charge is 0.261 e. The second-order valence-electron chi connectivity index (χ2n) is 5.97. The average Bonchev–Trinajstić information content (AvgIpc) is 3.21. The summed E-state index contributed by atoms with van der Waals surface area (Å²) in [6, 6.07) is 5.18. The first-order chi connectivity index (χ1) is 10.2. The molecule has 1 aliphatic carbocycles. The lowest BCUT2D eigenvalue weighted by Crippen LogP contribution is -2.26. The lowest BCUT2D eigenvalue weighted by Gasteiger charge is -2.07. The molecule has 1 amide bonds. The average molecular weight is 283 g/mol. The molecular weight excluding hydrogens is 266 g/mol. The van der Waals surface area contributed by atoms with Crippen LogP contribution in [-0.2, 0) is 13.0 Å². The molecule has 1 aliphatic heterocycles. The molecule has 1 fully saturated rings. The Morgan fingerprint density at radius 2 is 2.24 bits per heavy atom. The van der Waals surface area contributed by atoms with E-state index in [1.54, 1.807) is 22.8 Å². The minimum absolute atomic E-state index is 0.0115. The molecule has 2 aliphatic rings. The van der Waals surface area contributed by atoms with Crippen molar-refractivity contribution >= 4 is 16.8 Å². The van der Waals surface area contributed by atoms with E-state index >= 15 is 0 Å². The molecule has 2 aromatic rings. The molecule has 5 nitrogen and oxygen atoms in total. The number of hydrogen-bond acceptors (Lipinski definition) is 3. The molecule has 1 N–H and O–H groups in total. The number of carbonyl (C=O) groups excluding carboxylic acids is 1. The zero-order valence-corrected chi connectivity index (χ0v) is 11.8. The highest BCUT2D eigenvalue weighted by atomic mass is 16.1. The van der Waals surface area contributed by atoms with Gasteiger partial charge >= 0.3 is 0 Å². The summed E-state index contributed by atoms with van der Waals surface area (Å²) in [5.74, 6) is 1.41. The second kappa shape index (κ2) is 4.69. The summed E-state index contributed by atoms with van der Waals surface area (Å²) in [4.78, 5) is 29.0. The van der Waals surface area contributed by atoms with Crippen LogP contribution in [0.5, 0.6) is 0 Å². The maximum atomic E-state index is 12.3. The quantitative estimate of drug-likeness (QED) is 0.928. The number of nitrogens with one attached hydrogen (secondary N) is 1. The number of rotatable bonds is 3. The molecule has 0 bridgehead atoms. The highest BCUT2D eigenvalue weighted by Crippen LogP contribution is 2.27. The van der Waals surface area contributed by atoms with Crippen molar-refractivity contribution in [1.82, 2.24) is 14.9 Å². The molecular formula is C16H17N3O2. The highest BCUT2D eigenvalue weighted by Gasteiger charge is 2.22. The van der Waals surface area contributed by atoms with E-state index in [9.17, 15) is 9.59 Å². The monoisotopic (exact) mass is 283 g/mol. The standard InChI is InChI=1S/C16H17N3O2/c20-15(17-9-10-3-4-10)11-5-6-12-13(8-11)18-14-2-1-7-19(14)16(12)21/h5-6,8,10H,1-4,7,9H2,(H,17,20). The topological polar surface area (TPSA) is 64.0 Å². The van der Waals surface area contributed by atoms with E-state index in [2.05, 4.69) is 10.3 Å². The fourth-order valence-corrected chi connectivity index (χ4v) is 2.89. The Kier molecular flexibility index (Phi) is 2.80. The third kappa shape index (κ3) is 2.22. The zero-order valence-electron chi connectivity index (χ0n) is 11.8. The number of fused-ring (bicyclic) bond motifs is 2. The predicted molar refractivity (Wildman–Crippen MR) is 79.4 cm³/mol. The van der Waals surface area contributed by atoms with E-state index in [0.717, 1.165) is 31.8 Å². The molecule has 1 saturated carbocycles. The van der Waals surface area contributed by atoms with Gasteiger partial charge in [-0.3, -0.25) is 14.2 Å². The Hall–Kier alpha value is -2.17. The Labute approximate surface area is 122 Å². The first-order valence-electron chi connectivity index (χ1n) is 7.54. The van der Waals surface area contributed by atoms with Crippen molar-refractivity contribution in [2.75, 3.05) is 6.54 Å². The van der Waals surface area contributed by atoms with Gasteiger partial charge in [-0.05, 0) is 43.4 Å². The van der Waals surface area contributed by atoms with Crippen LogP contribution >= 0.6 is 0 Å². The molecule has 0 spiro atoms. The number of aromatic nitrogens is 2. The molecule has 0 atom stereocenters. The van der Waals surface area contributed by atoms with Gasteiger partial charge in [0.05, 0.1) is 10.9 Å². The maximum Gasteiger partial charge on any atom is 0.261 e. The Balaban J connectivity index is 1.70. The summed E-state index contributed by atoms with van der Waals surface area (Å²) < 4.78 is 1.75. The summed E-state index contributed by atoms with van der Waals surface area (Å²) in [6.45, 7) is 1.50. The lowest BCUT2D eigenvalue weighted by molar-refractivity contribution is 0.0952. The van der Waals surface area contributed by atoms with Crippen LogP contribution in [0.1, 0.15) is 35.4 Å². The van der Waals surface area contributed by atoms with Crippen molar-refractivity contribution in [1.29, 1.82) is 0 Å². The van der Waals surface area contributed by atoms with Gasteiger partial charge in [-0.1, -0.05) is 0 Å². The molecule has 0 saturated heterocycles. The van der Waals surface area contributed by atoms with Gasteiger partial charge in [0.1, 0.15) is 5.82 Å². The largest absolute Gasteiger partial charge is 0.352 e. The minimum atomic E-state index is -0.0776. The minimum Gasteiger partial charge on any atom is -0.352 e. The Morgan fingerprint density at radius 3 is 3.05 bits per heavy atom. The van der Waals surface area contributed by atoms with Crippen LogP contribution in [-0.4, -0.2) is 22.0 Å². The molecule has 5 heteroatoms. The van der Waals surface area contributed by atoms with Crippen molar-refractivity contribution in [2.24, 2.45) is 5.92 Å². The molecule has 108 valence electrons.